The monoisotopic (exact) mass is 339 g/mol. The zero-order chi connectivity index (χ0) is 14.7. The van der Waals surface area contributed by atoms with E-state index in [9.17, 15) is 9.59 Å². The second-order valence-corrected chi connectivity index (χ2v) is 6.05. The van der Waals surface area contributed by atoms with Crippen LogP contribution in [-0.4, -0.2) is 37.0 Å². The number of methoxy groups -OCH3 is 1. The van der Waals surface area contributed by atoms with Crippen molar-refractivity contribution in [1.29, 1.82) is 0 Å². The molecule has 0 bridgehead atoms. The van der Waals surface area contributed by atoms with Crippen LogP contribution in [0.3, 0.4) is 0 Å². The van der Waals surface area contributed by atoms with Crippen LogP contribution in [0.15, 0.2) is 22.7 Å². The van der Waals surface area contributed by atoms with Crippen LogP contribution in [0.1, 0.15) is 28.8 Å². The van der Waals surface area contributed by atoms with E-state index in [1.165, 1.54) is 7.11 Å². The number of esters is 1. The molecular weight excluding hydrogens is 322 g/mol. The quantitative estimate of drug-likeness (QED) is 0.778. The topological polar surface area (TPSA) is 46.6 Å². The smallest absolute Gasteiger partial charge is 0.310 e. The highest BCUT2D eigenvalue weighted by Crippen LogP contribution is 2.22. The fourth-order valence-electron chi connectivity index (χ4n) is 2.56. The minimum Gasteiger partial charge on any atom is -0.469 e. The first-order chi connectivity index (χ1) is 9.51. The van der Waals surface area contributed by atoms with Crippen LogP contribution in [0.4, 0.5) is 0 Å². The molecule has 1 amide bonds. The Balaban J connectivity index is 2.14. The van der Waals surface area contributed by atoms with Crippen LogP contribution >= 0.6 is 15.9 Å². The van der Waals surface area contributed by atoms with Crippen LogP contribution in [-0.2, 0) is 9.53 Å². The molecule has 0 aromatic heterocycles. The minimum atomic E-state index is -0.229. The van der Waals surface area contributed by atoms with Gasteiger partial charge in [-0.3, -0.25) is 9.59 Å². The van der Waals surface area contributed by atoms with Gasteiger partial charge in [0.1, 0.15) is 0 Å². The summed E-state index contributed by atoms with van der Waals surface area (Å²) in [4.78, 5) is 25.9. The van der Waals surface area contributed by atoms with Gasteiger partial charge in [0, 0.05) is 23.1 Å². The normalized spacial score (nSPS) is 18.8. The highest BCUT2D eigenvalue weighted by molar-refractivity contribution is 9.10. The molecule has 1 aromatic rings. The second kappa shape index (κ2) is 6.39. The molecule has 2 rings (SSSR count). The summed E-state index contributed by atoms with van der Waals surface area (Å²) in [5.74, 6) is -0.457. The molecule has 1 heterocycles. The Kier molecular flexibility index (Phi) is 4.81. The van der Waals surface area contributed by atoms with Gasteiger partial charge in [0.2, 0.25) is 0 Å². The van der Waals surface area contributed by atoms with Gasteiger partial charge in [-0.1, -0.05) is 15.9 Å². The fraction of sp³-hybridized carbons (Fsp3) is 0.467. The highest BCUT2D eigenvalue weighted by atomic mass is 79.9. The summed E-state index contributed by atoms with van der Waals surface area (Å²) < 4.78 is 5.67. The van der Waals surface area contributed by atoms with E-state index in [4.69, 9.17) is 4.74 Å². The van der Waals surface area contributed by atoms with Crippen LogP contribution < -0.4 is 0 Å². The van der Waals surface area contributed by atoms with E-state index in [0.29, 0.717) is 18.7 Å². The SMILES string of the molecule is COC(=O)C1CCCN(C(=O)c2cc(C)cc(Br)c2)C1. The fourth-order valence-corrected chi connectivity index (χ4v) is 3.17. The molecule has 1 atom stereocenters. The molecular formula is C15H18BrNO3. The van der Waals surface area contributed by atoms with Crippen LogP contribution in [0.5, 0.6) is 0 Å². The molecule has 4 nitrogen and oxygen atoms in total. The highest BCUT2D eigenvalue weighted by Gasteiger charge is 2.29. The van der Waals surface area contributed by atoms with Crippen molar-refractivity contribution in [3.8, 4) is 0 Å². The summed E-state index contributed by atoms with van der Waals surface area (Å²) in [6.45, 7) is 3.09. The molecule has 0 saturated carbocycles. The lowest BCUT2D eigenvalue weighted by molar-refractivity contribution is -0.146. The maximum atomic E-state index is 12.5. The Morgan fingerprint density at radius 3 is 2.75 bits per heavy atom. The number of carbonyl (C=O) groups is 2. The summed E-state index contributed by atoms with van der Waals surface area (Å²) in [6, 6.07) is 5.65. The summed E-state index contributed by atoms with van der Waals surface area (Å²) in [5, 5.41) is 0. The van der Waals surface area contributed by atoms with E-state index < -0.39 is 0 Å². The van der Waals surface area contributed by atoms with Crippen molar-refractivity contribution in [2.75, 3.05) is 20.2 Å². The van der Waals surface area contributed by atoms with E-state index in [-0.39, 0.29) is 17.8 Å². The molecule has 0 aliphatic carbocycles. The van der Waals surface area contributed by atoms with Gasteiger partial charge >= 0.3 is 5.97 Å². The lowest BCUT2D eigenvalue weighted by atomic mass is 9.97. The van der Waals surface area contributed by atoms with E-state index in [1.807, 2.05) is 25.1 Å². The first-order valence-electron chi connectivity index (χ1n) is 6.65. The zero-order valence-electron chi connectivity index (χ0n) is 11.7. The van der Waals surface area contributed by atoms with Gasteiger partial charge in [-0.25, -0.2) is 0 Å². The number of halogens is 1. The number of benzene rings is 1. The van der Waals surface area contributed by atoms with E-state index in [2.05, 4.69) is 15.9 Å². The molecule has 1 saturated heterocycles. The minimum absolute atomic E-state index is 0.0250. The Bertz CT molecular complexity index is 510. The van der Waals surface area contributed by atoms with Crippen molar-refractivity contribution in [3.05, 3.63) is 33.8 Å². The van der Waals surface area contributed by atoms with Crippen molar-refractivity contribution >= 4 is 27.8 Å². The van der Waals surface area contributed by atoms with Gasteiger partial charge in [-0.15, -0.1) is 0 Å². The van der Waals surface area contributed by atoms with Gasteiger partial charge in [0.05, 0.1) is 13.0 Å². The largest absolute Gasteiger partial charge is 0.469 e. The van der Waals surface area contributed by atoms with E-state index >= 15 is 0 Å². The summed E-state index contributed by atoms with van der Waals surface area (Å²) in [7, 11) is 1.39. The Morgan fingerprint density at radius 1 is 1.35 bits per heavy atom. The first kappa shape index (κ1) is 15.0. The number of piperidine rings is 1. The molecule has 1 unspecified atom stereocenters. The summed E-state index contributed by atoms with van der Waals surface area (Å²) in [5.41, 5.74) is 1.69. The third-order valence-corrected chi connectivity index (χ3v) is 3.99. The number of aryl methyl sites for hydroxylation is 1. The molecule has 1 aliphatic heterocycles. The first-order valence-corrected chi connectivity index (χ1v) is 7.45. The standard InChI is InChI=1S/C15H18BrNO3/c1-10-6-12(8-13(16)7-10)14(18)17-5-3-4-11(9-17)15(19)20-2/h6-8,11H,3-5,9H2,1-2H3. The molecule has 1 fully saturated rings. The Hall–Kier alpha value is -1.36. The second-order valence-electron chi connectivity index (χ2n) is 5.13. The average Bonchev–Trinajstić information content (AvgIpc) is 2.44. The Labute approximate surface area is 127 Å². The number of nitrogens with zero attached hydrogens (tertiary/aromatic N) is 1. The molecule has 1 aliphatic rings. The maximum absolute atomic E-state index is 12.5. The number of amides is 1. The number of hydrogen-bond donors (Lipinski definition) is 0. The van der Waals surface area contributed by atoms with Crippen molar-refractivity contribution in [3.63, 3.8) is 0 Å². The molecule has 0 N–H and O–H groups in total. The number of rotatable bonds is 2. The predicted octanol–water partition coefficient (Wildman–Crippen LogP) is 2.78. The number of hydrogen-bond acceptors (Lipinski definition) is 3. The van der Waals surface area contributed by atoms with Crippen LogP contribution in [0.2, 0.25) is 0 Å². The lowest BCUT2D eigenvalue weighted by Crippen LogP contribution is -2.42. The van der Waals surface area contributed by atoms with Gasteiger partial charge in [-0.05, 0) is 43.5 Å². The van der Waals surface area contributed by atoms with E-state index in [0.717, 1.165) is 22.9 Å². The molecule has 0 spiro atoms. The molecule has 0 radical (unpaired) electrons. The van der Waals surface area contributed by atoms with Crippen molar-refractivity contribution in [2.24, 2.45) is 5.92 Å². The Morgan fingerprint density at radius 2 is 2.10 bits per heavy atom. The van der Waals surface area contributed by atoms with Crippen molar-refractivity contribution in [2.45, 2.75) is 19.8 Å². The maximum Gasteiger partial charge on any atom is 0.310 e. The van der Waals surface area contributed by atoms with Gasteiger partial charge in [0.15, 0.2) is 0 Å². The van der Waals surface area contributed by atoms with Gasteiger partial charge in [0.25, 0.3) is 5.91 Å². The van der Waals surface area contributed by atoms with E-state index in [1.54, 1.807) is 4.90 Å². The summed E-state index contributed by atoms with van der Waals surface area (Å²) in [6.07, 6.45) is 1.62. The average molecular weight is 340 g/mol. The van der Waals surface area contributed by atoms with Crippen LogP contribution in [0, 0.1) is 12.8 Å². The summed E-state index contributed by atoms with van der Waals surface area (Å²) >= 11 is 3.41. The number of likely N-dealkylation sites (tertiary alicyclic amines) is 1. The van der Waals surface area contributed by atoms with Crippen LogP contribution in [0.25, 0.3) is 0 Å². The van der Waals surface area contributed by atoms with Gasteiger partial charge < -0.3 is 9.64 Å². The van der Waals surface area contributed by atoms with Crippen molar-refractivity contribution in [1.82, 2.24) is 4.90 Å². The molecule has 1 aromatic carbocycles. The van der Waals surface area contributed by atoms with Gasteiger partial charge in [-0.2, -0.15) is 0 Å². The van der Waals surface area contributed by atoms with Crippen molar-refractivity contribution < 1.29 is 14.3 Å². The molecule has 20 heavy (non-hydrogen) atoms. The zero-order valence-corrected chi connectivity index (χ0v) is 13.3. The third kappa shape index (κ3) is 3.39. The lowest BCUT2D eigenvalue weighted by Gasteiger charge is -2.31. The number of carbonyl (C=O) groups excluding carboxylic acids is 2. The predicted molar refractivity (Wildman–Crippen MR) is 79.5 cm³/mol. The molecule has 108 valence electrons. The third-order valence-electron chi connectivity index (χ3n) is 3.53. The molecule has 5 heteroatoms. The number of ether oxygens (including phenoxy) is 1.